The van der Waals surface area contributed by atoms with E-state index in [9.17, 15) is 0 Å². The van der Waals surface area contributed by atoms with Gasteiger partial charge >= 0.3 is 0 Å². The maximum Gasteiger partial charge on any atom is 0.0587 e. The topological polar surface area (TPSA) is 24.5 Å². The fourth-order valence-corrected chi connectivity index (χ4v) is 1.79. The van der Waals surface area contributed by atoms with Gasteiger partial charge in [0.2, 0.25) is 0 Å². The Kier molecular flexibility index (Phi) is 4.70. The van der Waals surface area contributed by atoms with E-state index < -0.39 is 0 Å². The van der Waals surface area contributed by atoms with Crippen molar-refractivity contribution >= 4 is 0 Å². The lowest BCUT2D eigenvalue weighted by molar-refractivity contribution is 0.194. The van der Waals surface area contributed by atoms with Gasteiger partial charge in [0, 0.05) is 32.3 Å². The van der Waals surface area contributed by atoms with Crippen LogP contribution in [0.25, 0.3) is 0 Å². The first kappa shape index (κ1) is 11.0. The summed E-state index contributed by atoms with van der Waals surface area (Å²) in [5, 5.41) is 3.50. The van der Waals surface area contributed by atoms with Crippen molar-refractivity contribution in [2.75, 3.05) is 33.4 Å². The van der Waals surface area contributed by atoms with Crippen LogP contribution in [-0.2, 0) is 4.74 Å². The number of methoxy groups -OCH3 is 1. The first-order chi connectivity index (χ1) is 6.24. The fraction of sp³-hybridized carbons (Fsp3) is 1.00. The van der Waals surface area contributed by atoms with Gasteiger partial charge in [-0.2, -0.15) is 0 Å². The van der Waals surface area contributed by atoms with Crippen molar-refractivity contribution < 1.29 is 4.74 Å². The average Bonchev–Trinajstić information content (AvgIpc) is 2.53. The molecule has 1 rings (SSSR count). The summed E-state index contributed by atoms with van der Waals surface area (Å²) >= 11 is 0. The lowest BCUT2D eigenvalue weighted by atomic mass is 10.2. The van der Waals surface area contributed by atoms with Crippen LogP contribution >= 0.6 is 0 Å². The molecule has 1 fully saturated rings. The van der Waals surface area contributed by atoms with Crippen molar-refractivity contribution in [3.63, 3.8) is 0 Å². The largest absolute Gasteiger partial charge is 0.383 e. The third-order valence-corrected chi connectivity index (χ3v) is 2.69. The number of ether oxygens (including phenoxy) is 1. The summed E-state index contributed by atoms with van der Waals surface area (Å²) in [5.41, 5.74) is 0. The smallest absolute Gasteiger partial charge is 0.0587 e. The summed E-state index contributed by atoms with van der Waals surface area (Å²) in [6.07, 6.45) is 1.28. The van der Waals surface area contributed by atoms with E-state index in [1.807, 2.05) is 0 Å². The van der Waals surface area contributed by atoms with Gasteiger partial charge < -0.3 is 10.1 Å². The first-order valence-electron chi connectivity index (χ1n) is 5.20. The molecule has 0 bridgehead atoms. The Hall–Kier alpha value is -0.120. The highest BCUT2D eigenvalue weighted by Gasteiger charge is 2.23. The highest BCUT2D eigenvalue weighted by Crippen LogP contribution is 2.11. The van der Waals surface area contributed by atoms with Crippen LogP contribution in [0.5, 0.6) is 0 Å². The Morgan fingerprint density at radius 3 is 2.85 bits per heavy atom. The van der Waals surface area contributed by atoms with E-state index in [-0.39, 0.29) is 0 Å². The van der Waals surface area contributed by atoms with E-state index in [0.29, 0.717) is 12.1 Å². The lowest BCUT2D eigenvalue weighted by Gasteiger charge is -2.20. The predicted molar refractivity (Wildman–Crippen MR) is 55.0 cm³/mol. The Labute approximate surface area is 81.4 Å². The predicted octanol–water partition coefficient (Wildman–Crippen LogP) is 0.705. The summed E-state index contributed by atoms with van der Waals surface area (Å²) in [6.45, 7) is 8.75. The third kappa shape index (κ3) is 3.63. The molecule has 0 aliphatic carbocycles. The van der Waals surface area contributed by atoms with Crippen LogP contribution in [0.3, 0.4) is 0 Å². The van der Waals surface area contributed by atoms with Crippen LogP contribution < -0.4 is 5.32 Å². The summed E-state index contributed by atoms with van der Waals surface area (Å²) in [5.74, 6) is 0. The summed E-state index contributed by atoms with van der Waals surface area (Å²) in [4.78, 5) is 2.52. The van der Waals surface area contributed by atoms with Crippen LogP contribution in [0.2, 0.25) is 0 Å². The van der Waals surface area contributed by atoms with Crippen LogP contribution in [0.15, 0.2) is 0 Å². The van der Waals surface area contributed by atoms with Gasteiger partial charge in [0.1, 0.15) is 0 Å². The van der Waals surface area contributed by atoms with E-state index in [1.54, 1.807) is 7.11 Å². The van der Waals surface area contributed by atoms with E-state index in [2.05, 4.69) is 24.1 Å². The van der Waals surface area contributed by atoms with Gasteiger partial charge in [0.25, 0.3) is 0 Å². The third-order valence-electron chi connectivity index (χ3n) is 2.69. The van der Waals surface area contributed by atoms with Crippen molar-refractivity contribution in [1.82, 2.24) is 10.2 Å². The molecule has 78 valence electrons. The van der Waals surface area contributed by atoms with Gasteiger partial charge in [-0.1, -0.05) is 0 Å². The summed E-state index contributed by atoms with van der Waals surface area (Å²) in [6, 6.07) is 1.37. The molecule has 1 heterocycles. The summed E-state index contributed by atoms with van der Waals surface area (Å²) in [7, 11) is 1.75. The number of nitrogens with zero attached hydrogens (tertiary/aromatic N) is 1. The minimum absolute atomic E-state index is 0.678. The number of hydrogen-bond donors (Lipinski definition) is 1. The standard InChI is InChI=1S/C10H22N2O/c1-9(2)12-6-4-10(8-12)11-5-7-13-3/h9-11H,4-8H2,1-3H3. The van der Waals surface area contributed by atoms with Gasteiger partial charge in [-0.15, -0.1) is 0 Å². The molecule has 1 aliphatic heterocycles. The van der Waals surface area contributed by atoms with Gasteiger partial charge in [-0.05, 0) is 26.8 Å². The molecule has 13 heavy (non-hydrogen) atoms. The summed E-state index contributed by atoms with van der Waals surface area (Å²) < 4.78 is 5.00. The second-order valence-electron chi connectivity index (χ2n) is 4.02. The monoisotopic (exact) mass is 186 g/mol. The van der Waals surface area contributed by atoms with Gasteiger partial charge in [-0.25, -0.2) is 0 Å². The molecule has 1 aliphatic rings. The molecule has 1 unspecified atom stereocenters. The Morgan fingerprint density at radius 1 is 1.54 bits per heavy atom. The Bertz CT molecular complexity index is 139. The van der Waals surface area contributed by atoms with Crippen LogP contribution in [0, 0.1) is 0 Å². The second kappa shape index (κ2) is 5.58. The van der Waals surface area contributed by atoms with Gasteiger partial charge in [-0.3, -0.25) is 4.90 Å². The number of likely N-dealkylation sites (tertiary alicyclic amines) is 1. The molecule has 0 aromatic rings. The zero-order chi connectivity index (χ0) is 9.68. The molecule has 3 heteroatoms. The zero-order valence-corrected chi connectivity index (χ0v) is 9.05. The number of hydrogen-bond acceptors (Lipinski definition) is 3. The maximum absolute atomic E-state index is 5.00. The van der Waals surface area contributed by atoms with Crippen molar-refractivity contribution in [3.05, 3.63) is 0 Å². The van der Waals surface area contributed by atoms with E-state index >= 15 is 0 Å². The van der Waals surface area contributed by atoms with Gasteiger partial charge in [0.15, 0.2) is 0 Å². The molecule has 0 spiro atoms. The highest BCUT2D eigenvalue weighted by atomic mass is 16.5. The first-order valence-corrected chi connectivity index (χ1v) is 5.20. The van der Waals surface area contributed by atoms with Crippen molar-refractivity contribution in [1.29, 1.82) is 0 Å². The molecule has 0 amide bonds. The minimum Gasteiger partial charge on any atom is -0.383 e. The molecule has 0 aromatic carbocycles. The van der Waals surface area contributed by atoms with E-state index in [4.69, 9.17) is 4.74 Å². The molecule has 3 nitrogen and oxygen atoms in total. The zero-order valence-electron chi connectivity index (χ0n) is 9.05. The second-order valence-corrected chi connectivity index (χ2v) is 4.02. The molecule has 1 atom stereocenters. The van der Waals surface area contributed by atoms with E-state index in [1.165, 1.54) is 19.5 Å². The highest BCUT2D eigenvalue weighted by molar-refractivity contribution is 4.82. The molecule has 1 saturated heterocycles. The fourth-order valence-electron chi connectivity index (χ4n) is 1.79. The number of rotatable bonds is 5. The minimum atomic E-state index is 0.678. The van der Waals surface area contributed by atoms with Crippen molar-refractivity contribution in [2.24, 2.45) is 0 Å². The molecule has 0 aromatic heterocycles. The van der Waals surface area contributed by atoms with Crippen molar-refractivity contribution in [2.45, 2.75) is 32.4 Å². The van der Waals surface area contributed by atoms with Gasteiger partial charge in [0.05, 0.1) is 6.61 Å². The normalized spacial score (nSPS) is 24.5. The van der Waals surface area contributed by atoms with E-state index in [0.717, 1.165) is 13.2 Å². The van der Waals surface area contributed by atoms with Crippen LogP contribution in [-0.4, -0.2) is 50.3 Å². The van der Waals surface area contributed by atoms with Crippen LogP contribution in [0.4, 0.5) is 0 Å². The molecule has 0 saturated carbocycles. The average molecular weight is 186 g/mol. The SMILES string of the molecule is COCCNC1CCN(C(C)C)C1. The maximum atomic E-state index is 5.00. The lowest BCUT2D eigenvalue weighted by Crippen LogP contribution is -2.36. The Balaban J connectivity index is 2.10. The molecule has 0 radical (unpaired) electrons. The molecular formula is C10H22N2O. The van der Waals surface area contributed by atoms with Crippen molar-refractivity contribution in [3.8, 4) is 0 Å². The number of nitrogens with one attached hydrogen (secondary N) is 1. The van der Waals surface area contributed by atoms with Crippen LogP contribution in [0.1, 0.15) is 20.3 Å². The molecular weight excluding hydrogens is 164 g/mol. The molecule has 1 N–H and O–H groups in total. The quantitative estimate of drug-likeness (QED) is 0.640. The Morgan fingerprint density at radius 2 is 2.31 bits per heavy atom.